The summed E-state index contributed by atoms with van der Waals surface area (Å²) >= 11 is 0. The fourth-order valence-electron chi connectivity index (χ4n) is 4.46. The van der Waals surface area contributed by atoms with Crippen molar-refractivity contribution in [3.63, 3.8) is 0 Å². The minimum absolute atomic E-state index is 0.220. The topological polar surface area (TPSA) is 53.0 Å². The Morgan fingerprint density at radius 1 is 1.24 bits per heavy atom. The maximum absolute atomic E-state index is 11.7. The number of nitrogens with zero attached hydrogens (tertiary/aromatic N) is 2. The van der Waals surface area contributed by atoms with E-state index in [1.165, 1.54) is 0 Å². The standard InChI is InChI=1S/C24H34N2O3/c1-3-26(23-8-14-29-15-9-23)24-17-21(16-22(18-28)19(24)2)5-4-20-6-10-25(11-7-20)12-13-27/h16-18,20,23,27H,3,6-15H2,1-2H3. The third-order valence-electron chi connectivity index (χ3n) is 6.25. The summed E-state index contributed by atoms with van der Waals surface area (Å²) in [4.78, 5) is 16.4. The van der Waals surface area contributed by atoms with Crippen LogP contribution < -0.4 is 4.90 Å². The van der Waals surface area contributed by atoms with Gasteiger partial charge < -0.3 is 19.6 Å². The van der Waals surface area contributed by atoms with Gasteiger partial charge in [-0.3, -0.25) is 4.79 Å². The van der Waals surface area contributed by atoms with Crippen LogP contribution in [0, 0.1) is 24.7 Å². The van der Waals surface area contributed by atoms with Crippen LogP contribution in [-0.2, 0) is 4.74 Å². The number of ether oxygens (including phenoxy) is 1. The molecule has 2 aliphatic rings. The Labute approximate surface area is 175 Å². The summed E-state index contributed by atoms with van der Waals surface area (Å²) in [6.07, 6.45) is 5.07. The predicted molar refractivity (Wildman–Crippen MR) is 117 cm³/mol. The maximum Gasteiger partial charge on any atom is 0.150 e. The van der Waals surface area contributed by atoms with E-state index in [2.05, 4.69) is 34.6 Å². The van der Waals surface area contributed by atoms with E-state index < -0.39 is 0 Å². The van der Waals surface area contributed by atoms with Crippen molar-refractivity contribution in [2.75, 3.05) is 50.9 Å². The number of likely N-dealkylation sites (tertiary alicyclic amines) is 1. The molecule has 2 aliphatic heterocycles. The Morgan fingerprint density at radius 3 is 2.59 bits per heavy atom. The van der Waals surface area contributed by atoms with Crippen molar-refractivity contribution in [2.24, 2.45) is 5.92 Å². The van der Waals surface area contributed by atoms with Crippen LogP contribution in [0.4, 0.5) is 5.69 Å². The zero-order chi connectivity index (χ0) is 20.6. The number of hydrogen-bond acceptors (Lipinski definition) is 5. The van der Waals surface area contributed by atoms with Crippen LogP contribution in [0.3, 0.4) is 0 Å². The van der Waals surface area contributed by atoms with E-state index in [0.29, 0.717) is 12.0 Å². The lowest BCUT2D eigenvalue weighted by Gasteiger charge is -2.36. The Balaban J connectivity index is 1.80. The molecule has 2 fully saturated rings. The summed E-state index contributed by atoms with van der Waals surface area (Å²) in [6.45, 7) is 9.68. The van der Waals surface area contributed by atoms with Gasteiger partial charge in [0.2, 0.25) is 0 Å². The molecule has 0 amide bonds. The molecule has 5 nitrogen and oxygen atoms in total. The van der Waals surface area contributed by atoms with E-state index >= 15 is 0 Å². The molecule has 0 atom stereocenters. The summed E-state index contributed by atoms with van der Waals surface area (Å²) in [5, 5.41) is 9.08. The second-order valence-corrected chi connectivity index (χ2v) is 8.07. The van der Waals surface area contributed by atoms with E-state index in [4.69, 9.17) is 9.84 Å². The molecule has 0 aliphatic carbocycles. The Morgan fingerprint density at radius 2 is 1.97 bits per heavy atom. The number of piperidine rings is 1. The molecule has 0 unspecified atom stereocenters. The SMILES string of the molecule is CCN(c1cc(C#CC2CCN(CCO)CC2)cc(C=O)c1C)C1CCOCC1. The molecule has 1 aromatic carbocycles. The summed E-state index contributed by atoms with van der Waals surface area (Å²) in [6, 6.07) is 4.54. The number of aliphatic hydroxyl groups excluding tert-OH is 1. The molecule has 1 aromatic rings. The van der Waals surface area contributed by atoms with Crippen LogP contribution in [0.5, 0.6) is 0 Å². The first-order chi connectivity index (χ1) is 14.2. The molecule has 0 saturated carbocycles. The smallest absolute Gasteiger partial charge is 0.150 e. The van der Waals surface area contributed by atoms with Gasteiger partial charge in [0.05, 0.1) is 6.61 Å². The summed E-state index contributed by atoms with van der Waals surface area (Å²) < 4.78 is 5.54. The number of carbonyl (C=O) groups excluding carboxylic acids is 1. The lowest BCUT2D eigenvalue weighted by Crippen LogP contribution is -2.40. The van der Waals surface area contributed by atoms with Crippen LogP contribution in [-0.4, -0.2) is 68.3 Å². The lowest BCUT2D eigenvalue weighted by molar-refractivity contribution is 0.0846. The van der Waals surface area contributed by atoms with Gasteiger partial charge in [0.25, 0.3) is 0 Å². The number of anilines is 1. The molecule has 0 bridgehead atoms. The molecular weight excluding hydrogens is 364 g/mol. The third kappa shape index (κ3) is 5.60. The van der Waals surface area contributed by atoms with Gasteiger partial charge in [-0.05, 0) is 70.3 Å². The molecule has 5 heteroatoms. The predicted octanol–water partition coefficient (Wildman–Crippen LogP) is 2.87. The third-order valence-corrected chi connectivity index (χ3v) is 6.25. The summed E-state index contributed by atoms with van der Waals surface area (Å²) in [7, 11) is 0. The fraction of sp³-hybridized carbons (Fsp3) is 0.625. The fourth-order valence-corrected chi connectivity index (χ4v) is 4.46. The van der Waals surface area contributed by atoms with Crippen molar-refractivity contribution in [2.45, 2.75) is 45.6 Å². The molecule has 0 spiro atoms. The Bertz CT molecular complexity index is 738. The molecule has 3 rings (SSSR count). The molecule has 0 aromatic heterocycles. The van der Waals surface area contributed by atoms with Gasteiger partial charge in [-0.2, -0.15) is 0 Å². The van der Waals surface area contributed by atoms with E-state index in [1.807, 2.05) is 13.0 Å². The number of hydrogen-bond donors (Lipinski definition) is 1. The summed E-state index contributed by atoms with van der Waals surface area (Å²) in [5.74, 6) is 7.18. The monoisotopic (exact) mass is 398 g/mol. The van der Waals surface area contributed by atoms with Crippen molar-refractivity contribution in [3.05, 3.63) is 28.8 Å². The zero-order valence-electron chi connectivity index (χ0n) is 17.8. The summed E-state index contributed by atoms with van der Waals surface area (Å²) in [5.41, 5.74) is 3.83. The first-order valence-electron chi connectivity index (χ1n) is 10.9. The van der Waals surface area contributed by atoms with Crippen molar-refractivity contribution >= 4 is 12.0 Å². The number of benzene rings is 1. The van der Waals surface area contributed by atoms with Crippen LogP contribution in [0.1, 0.15) is 54.1 Å². The van der Waals surface area contributed by atoms with E-state index in [1.54, 1.807) is 0 Å². The molecule has 2 saturated heterocycles. The zero-order valence-corrected chi connectivity index (χ0v) is 17.8. The van der Waals surface area contributed by atoms with Gasteiger partial charge in [-0.15, -0.1) is 0 Å². The second-order valence-electron chi connectivity index (χ2n) is 8.07. The average Bonchev–Trinajstić information content (AvgIpc) is 2.76. The van der Waals surface area contributed by atoms with Gasteiger partial charge in [0.1, 0.15) is 6.29 Å². The van der Waals surface area contributed by atoms with E-state index in [9.17, 15) is 4.79 Å². The van der Waals surface area contributed by atoms with Gasteiger partial charge in [-0.25, -0.2) is 0 Å². The molecule has 158 valence electrons. The van der Waals surface area contributed by atoms with Gasteiger partial charge >= 0.3 is 0 Å². The highest BCUT2D eigenvalue weighted by atomic mass is 16.5. The maximum atomic E-state index is 11.7. The van der Waals surface area contributed by atoms with Gasteiger partial charge in [0.15, 0.2) is 0 Å². The minimum Gasteiger partial charge on any atom is -0.395 e. The van der Waals surface area contributed by atoms with Crippen molar-refractivity contribution in [3.8, 4) is 11.8 Å². The molecule has 1 N–H and O–H groups in total. The van der Waals surface area contributed by atoms with Crippen LogP contribution >= 0.6 is 0 Å². The van der Waals surface area contributed by atoms with Crippen molar-refractivity contribution in [1.82, 2.24) is 4.90 Å². The largest absolute Gasteiger partial charge is 0.395 e. The number of β-amino-alcohol motifs (C(OH)–C–C–N with tert-alkyl or cyclic N) is 1. The highest BCUT2D eigenvalue weighted by molar-refractivity contribution is 5.82. The van der Waals surface area contributed by atoms with Gasteiger partial charge in [-0.1, -0.05) is 11.8 Å². The molecule has 29 heavy (non-hydrogen) atoms. The van der Waals surface area contributed by atoms with Crippen LogP contribution in [0.15, 0.2) is 12.1 Å². The average molecular weight is 399 g/mol. The Kier molecular flexibility index (Phi) is 8.11. The number of aliphatic hydroxyl groups is 1. The van der Waals surface area contributed by atoms with E-state index in [0.717, 1.165) is 93.7 Å². The molecular formula is C24H34N2O3. The Hall–Kier alpha value is -1.87. The lowest BCUT2D eigenvalue weighted by atomic mass is 9.96. The quantitative estimate of drug-likeness (QED) is 0.590. The first-order valence-corrected chi connectivity index (χ1v) is 10.9. The first kappa shape index (κ1) is 21.8. The van der Waals surface area contributed by atoms with Gasteiger partial charge in [0, 0.05) is 55.1 Å². The number of aldehydes is 1. The second kappa shape index (κ2) is 10.8. The van der Waals surface area contributed by atoms with Crippen LogP contribution in [0.25, 0.3) is 0 Å². The molecule has 2 heterocycles. The highest BCUT2D eigenvalue weighted by Crippen LogP contribution is 2.29. The van der Waals surface area contributed by atoms with Crippen LogP contribution in [0.2, 0.25) is 0 Å². The van der Waals surface area contributed by atoms with Crippen molar-refractivity contribution < 1.29 is 14.6 Å². The molecule has 0 radical (unpaired) electrons. The number of rotatable bonds is 6. The normalized spacial score (nSPS) is 18.9. The van der Waals surface area contributed by atoms with E-state index in [-0.39, 0.29) is 6.61 Å². The van der Waals surface area contributed by atoms with Crippen molar-refractivity contribution in [1.29, 1.82) is 0 Å². The highest BCUT2D eigenvalue weighted by Gasteiger charge is 2.23. The number of carbonyl (C=O) groups is 1. The minimum atomic E-state index is 0.220.